The lowest BCUT2D eigenvalue weighted by atomic mass is 9.43. The lowest BCUT2D eigenvalue weighted by molar-refractivity contribution is -0.219. The van der Waals surface area contributed by atoms with Crippen molar-refractivity contribution in [2.24, 2.45) is 46.3 Å². The fraction of sp³-hybridized carbons (Fsp3) is 1.00. The maximum Gasteiger partial charge on any atom is 0.295 e. The van der Waals surface area contributed by atoms with Crippen molar-refractivity contribution in [2.45, 2.75) is 95.7 Å². The van der Waals surface area contributed by atoms with Crippen molar-refractivity contribution in [3.8, 4) is 0 Å². The molecule has 4 aliphatic rings. The first-order chi connectivity index (χ1) is 17.4. The van der Waals surface area contributed by atoms with Crippen molar-refractivity contribution >= 4 is 20.2 Å². The predicted molar refractivity (Wildman–Crippen MR) is 142 cm³/mol. The molecule has 0 aromatic heterocycles. The first-order valence-electron chi connectivity index (χ1n) is 14.2. The molecule has 0 aromatic rings. The molecule has 0 bridgehead atoms. The fourth-order valence-electron chi connectivity index (χ4n) is 9.49. The number of rotatable bonds is 9. The number of fused-ring (bicyclic) bond motifs is 5. The molecule has 4 saturated carbocycles. The Morgan fingerprint density at radius 1 is 0.974 bits per heavy atom. The Hall–Kier alpha value is -0.340. The molecule has 10 nitrogen and oxygen atoms in total. The van der Waals surface area contributed by atoms with Gasteiger partial charge in [0, 0.05) is 12.5 Å². The van der Waals surface area contributed by atoms with Crippen LogP contribution in [0.4, 0.5) is 0 Å². The van der Waals surface area contributed by atoms with E-state index in [1.54, 1.807) is 0 Å². The minimum absolute atomic E-state index is 0.0985. The van der Waals surface area contributed by atoms with Crippen LogP contribution in [0.25, 0.3) is 0 Å². The van der Waals surface area contributed by atoms with Crippen LogP contribution >= 0.6 is 0 Å². The van der Waals surface area contributed by atoms with Crippen LogP contribution in [0.3, 0.4) is 0 Å². The summed E-state index contributed by atoms with van der Waals surface area (Å²) in [7, 11) is -8.82. The summed E-state index contributed by atoms with van der Waals surface area (Å²) in [6.45, 7) is 7.03. The Morgan fingerprint density at radius 3 is 2.29 bits per heavy atom. The van der Waals surface area contributed by atoms with Gasteiger partial charge in [-0.25, -0.2) is 0 Å². The SMILES string of the molecule is C[C@H](CCCNCCS(=O)(=O)O)[C@H]1CC[C@H]2[C@H]3[C@H](C[C@H](O)[C@]12C)[C@@]1(C)CC[C@@H](O)C[C@H]1C[C@]3(O)S(=O)(=O)O. The summed E-state index contributed by atoms with van der Waals surface area (Å²) >= 11 is 0. The van der Waals surface area contributed by atoms with Gasteiger partial charge in [0.25, 0.3) is 20.2 Å². The summed E-state index contributed by atoms with van der Waals surface area (Å²) < 4.78 is 66.7. The zero-order valence-electron chi connectivity index (χ0n) is 22.8. The summed E-state index contributed by atoms with van der Waals surface area (Å²) in [6, 6.07) is 0. The molecule has 4 rings (SSSR count). The molecule has 0 unspecified atom stereocenters. The highest BCUT2D eigenvalue weighted by atomic mass is 32.2. The minimum atomic E-state index is -4.82. The summed E-state index contributed by atoms with van der Waals surface area (Å²) in [4.78, 5) is -2.31. The van der Waals surface area contributed by atoms with Gasteiger partial charge < -0.3 is 20.6 Å². The molecule has 0 saturated heterocycles. The van der Waals surface area contributed by atoms with Crippen LogP contribution in [0.1, 0.15) is 78.6 Å². The van der Waals surface area contributed by atoms with Gasteiger partial charge >= 0.3 is 0 Å². The molecule has 4 aliphatic carbocycles. The molecule has 0 radical (unpaired) electrons. The molecular weight excluding hydrogens is 534 g/mol. The van der Waals surface area contributed by atoms with Gasteiger partial charge in [-0.3, -0.25) is 9.11 Å². The third-order valence-corrected chi connectivity index (χ3v) is 13.6. The van der Waals surface area contributed by atoms with E-state index in [1.807, 2.05) is 6.92 Å². The molecule has 0 amide bonds. The van der Waals surface area contributed by atoms with E-state index in [0.29, 0.717) is 38.6 Å². The summed E-state index contributed by atoms with van der Waals surface area (Å²) in [5.41, 5.74) is -0.949. The van der Waals surface area contributed by atoms with Crippen LogP contribution in [0.15, 0.2) is 0 Å². The lowest BCUT2D eigenvalue weighted by Crippen LogP contribution is -2.68. The second-order valence-corrected chi connectivity index (χ2v) is 16.6. The van der Waals surface area contributed by atoms with Crippen LogP contribution in [0.5, 0.6) is 0 Å². The van der Waals surface area contributed by atoms with E-state index in [1.165, 1.54) is 0 Å². The molecule has 38 heavy (non-hydrogen) atoms. The Bertz CT molecular complexity index is 1080. The van der Waals surface area contributed by atoms with Crippen LogP contribution in [-0.4, -0.2) is 77.2 Å². The van der Waals surface area contributed by atoms with E-state index in [2.05, 4.69) is 19.2 Å². The first kappa shape index (κ1) is 30.6. The van der Waals surface area contributed by atoms with Crippen molar-refractivity contribution in [1.29, 1.82) is 0 Å². The molecule has 0 heterocycles. The molecule has 0 aromatic carbocycles. The second-order valence-electron chi connectivity index (χ2n) is 13.4. The van der Waals surface area contributed by atoms with Crippen molar-refractivity contribution in [3.63, 3.8) is 0 Å². The highest BCUT2D eigenvalue weighted by Crippen LogP contribution is 2.70. The quantitative estimate of drug-likeness (QED) is 0.174. The van der Waals surface area contributed by atoms with Crippen LogP contribution in [-0.2, 0) is 20.2 Å². The number of aliphatic hydroxyl groups excluding tert-OH is 2. The Labute approximate surface area is 227 Å². The first-order valence-corrected chi connectivity index (χ1v) is 17.2. The van der Waals surface area contributed by atoms with E-state index in [4.69, 9.17) is 4.55 Å². The van der Waals surface area contributed by atoms with Crippen LogP contribution in [0, 0.1) is 46.3 Å². The lowest BCUT2D eigenvalue weighted by Gasteiger charge is -2.65. The van der Waals surface area contributed by atoms with Gasteiger partial charge in [0.15, 0.2) is 4.93 Å². The molecule has 6 N–H and O–H groups in total. The van der Waals surface area contributed by atoms with Gasteiger partial charge in [0.05, 0.1) is 18.0 Å². The zero-order valence-corrected chi connectivity index (χ0v) is 24.4. The van der Waals surface area contributed by atoms with Crippen molar-refractivity contribution < 1.29 is 41.3 Å². The van der Waals surface area contributed by atoms with E-state index in [0.717, 1.165) is 19.3 Å². The number of aliphatic hydroxyl groups is 3. The summed E-state index contributed by atoms with van der Waals surface area (Å²) in [5, 5.41) is 36.9. The maximum atomic E-state index is 12.8. The third-order valence-electron chi connectivity index (χ3n) is 11.5. The molecule has 222 valence electrons. The van der Waals surface area contributed by atoms with Gasteiger partial charge in [-0.2, -0.15) is 16.8 Å². The summed E-state index contributed by atoms with van der Waals surface area (Å²) in [5.74, 6) is -1.54. The van der Waals surface area contributed by atoms with Gasteiger partial charge in [-0.15, -0.1) is 0 Å². The average molecular weight is 582 g/mol. The normalized spacial score (nSPS) is 46.2. The fourth-order valence-corrected chi connectivity index (χ4v) is 11.0. The van der Waals surface area contributed by atoms with Gasteiger partial charge in [-0.1, -0.05) is 20.8 Å². The second kappa shape index (κ2) is 10.5. The Morgan fingerprint density at radius 2 is 1.66 bits per heavy atom. The molecular formula is C26H47NO9S2. The standard InChI is InChI=1S/C26H47NO9S2/c1-16(5-4-10-27-11-12-37(31,32)33)19-6-7-20-23-21(14-22(29)25(19,20)3)24(2)9-8-18(28)13-17(24)15-26(23,30)38(34,35)36/h16-23,27-30H,4-15H2,1-3H3,(H,31,32,33)(H,34,35,36)/t16-,17+,18-,19-,20+,21+,22+,23+,24+,25-,26+/m1/s1. The Balaban J connectivity index is 1.55. The molecule has 12 heteroatoms. The average Bonchev–Trinajstić information content (AvgIpc) is 3.15. The maximum absolute atomic E-state index is 12.8. The zero-order chi connectivity index (χ0) is 28.3. The van der Waals surface area contributed by atoms with Gasteiger partial charge in [-0.05, 0) is 105 Å². The van der Waals surface area contributed by atoms with E-state index >= 15 is 0 Å². The van der Waals surface area contributed by atoms with E-state index in [-0.39, 0.29) is 53.7 Å². The molecule has 4 fully saturated rings. The van der Waals surface area contributed by atoms with Gasteiger partial charge in [0.1, 0.15) is 0 Å². The Kier molecular flexibility index (Phi) is 8.45. The van der Waals surface area contributed by atoms with Crippen molar-refractivity contribution in [1.82, 2.24) is 5.32 Å². The third kappa shape index (κ3) is 5.21. The predicted octanol–water partition coefficient (Wildman–Crippen LogP) is 2.06. The number of hydrogen-bond acceptors (Lipinski definition) is 8. The largest absolute Gasteiger partial charge is 0.393 e. The summed E-state index contributed by atoms with van der Waals surface area (Å²) in [6.07, 6.45) is 3.77. The number of hydrogen-bond donors (Lipinski definition) is 6. The van der Waals surface area contributed by atoms with Crippen LogP contribution in [0.2, 0.25) is 0 Å². The molecule has 11 atom stereocenters. The van der Waals surface area contributed by atoms with Crippen molar-refractivity contribution in [2.75, 3.05) is 18.8 Å². The highest BCUT2D eigenvalue weighted by Gasteiger charge is 2.71. The topological polar surface area (TPSA) is 181 Å². The number of nitrogens with one attached hydrogen (secondary N) is 1. The van der Waals surface area contributed by atoms with Gasteiger partial charge in [0.2, 0.25) is 0 Å². The van der Waals surface area contributed by atoms with Crippen LogP contribution < -0.4 is 5.32 Å². The smallest absolute Gasteiger partial charge is 0.295 e. The van der Waals surface area contributed by atoms with Crippen molar-refractivity contribution in [3.05, 3.63) is 0 Å². The van der Waals surface area contributed by atoms with E-state index < -0.39 is 48.7 Å². The molecule has 0 spiro atoms. The van der Waals surface area contributed by atoms with E-state index in [9.17, 15) is 36.7 Å². The highest BCUT2D eigenvalue weighted by molar-refractivity contribution is 7.87. The molecule has 0 aliphatic heterocycles. The monoisotopic (exact) mass is 581 g/mol. The minimum Gasteiger partial charge on any atom is -0.393 e.